The Bertz CT molecular complexity index is 810. The van der Waals surface area contributed by atoms with Gasteiger partial charge in [-0.2, -0.15) is 0 Å². The molecule has 0 spiro atoms. The van der Waals surface area contributed by atoms with Crippen LogP contribution >= 0.6 is 11.6 Å². The fraction of sp³-hybridized carbons (Fsp3) is 0.167. The second-order valence-corrected chi connectivity index (χ2v) is 5.51. The minimum Gasteiger partial charge on any atom is -0.482 e. The SMILES string of the molecule is COC(=O)COc1cccc(NC(=O)CNC(=O)c2ccccc2Cl)c1. The van der Waals surface area contributed by atoms with E-state index < -0.39 is 17.8 Å². The summed E-state index contributed by atoms with van der Waals surface area (Å²) < 4.78 is 9.72. The van der Waals surface area contributed by atoms with Crippen molar-refractivity contribution >= 4 is 35.1 Å². The highest BCUT2D eigenvalue weighted by Crippen LogP contribution is 2.17. The minimum absolute atomic E-state index is 0.225. The summed E-state index contributed by atoms with van der Waals surface area (Å²) >= 11 is 5.94. The van der Waals surface area contributed by atoms with E-state index in [9.17, 15) is 14.4 Å². The van der Waals surface area contributed by atoms with Crippen LogP contribution < -0.4 is 15.4 Å². The first kappa shape index (κ1) is 19.3. The molecule has 26 heavy (non-hydrogen) atoms. The molecule has 0 aliphatic heterocycles. The summed E-state index contributed by atoms with van der Waals surface area (Å²) in [4.78, 5) is 35.1. The molecule has 0 saturated heterocycles. The molecule has 0 fully saturated rings. The van der Waals surface area contributed by atoms with Crippen LogP contribution in [0.3, 0.4) is 0 Å². The normalized spacial score (nSPS) is 9.92. The van der Waals surface area contributed by atoms with E-state index in [1.165, 1.54) is 7.11 Å². The molecule has 0 aliphatic rings. The van der Waals surface area contributed by atoms with Crippen LogP contribution in [0, 0.1) is 0 Å². The number of halogens is 1. The summed E-state index contributed by atoms with van der Waals surface area (Å²) in [5, 5.41) is 5.42. The van der Waals surface area contributed by atoms with E-state index in [4.69, 9.17) is 16.3 Å². The third-order valence-corrected chi connectivity index (χ3v) is 3.56. The maximum Gasteiger partial charge on any atom is 0.343 e. The zero-order valence-corrected chi connectivity index (χ0v) is 14.7. The van der Waals surface area contributed by atoms with Crippen molar-refractivity contribution in [1.82, 2.24) is 5.32 Å². The van der Waals surface area contributed by atoms with Crippen molar-refractivity contribution in [2.75, 3.05) is 25.6 Å². The molecule has 0 radical (unpaired) electrons. The van der Waals surface area contributed by atoms with Crippen LogP contribution in [0.25, 0.3) is 0 Å². The Morgan fingerprint density at radius 2 is 1.85 bits per heavy atom. The van der Waals surface area contributed by atoms with Crippen molar-refractivity contribution in [2.24, 2.45) is 0 Å². The van der Waals surface area contributed by atoms with E-state index in [-0.39, 0.29) is 13.2 Å². The number of benzene rings is 2. The molecule has 0 unspecified atom stereocenters. The quantitative estimate of drug-likeness (QED) is 0.723. The van der Waals surface area contributed by atoms with E-state index in [0.29, 0.717) is 22.0 Å². The summed E-state index contributed by atoms with van der Waals surface area (Å²) in [7, 11) is 1.26. The molecule has 2 N–H and O–H groups in total. The predicted octanol–water partition coefficient (Wildman–Crippen LogP) is 2.26. The molecule has 8 heteroatoms. The number of hydrogen-bond donors (Lipinski definition) is 2. The Balaban J connectivity index is 1.87. The summed E-state index contributed by atoms with van der Waals surface area (Å²) in [6.07, 6.45) is 0. The zero-order valence-electron chi connectivity index (χ0n) is 14.0. The minimum atomic E-state index is -0.512. The van der Waals surface area contributed by atoms with Crippen LogP contribution in [-0.4, -0.2) is 38.0 Å². The smallest absolute Gasteiger partial charge is 0.343 e. The molecule has 0 bridgehead atoms. The largest absolute Gasteiger partial charge is 0.482 e. The number of rotatable bonds is 7. The maximum atomic E-state index is 12.0. The van der Waals surface area contributed by atoms with Gasteiger partial charge in [0.05, 0.1) is 24.2 Å². The van der Waals surface area contributed by atoms with Crippen LogP contribution in [-0.2, 0) is 14.3 Å². The molecule has 0 aliphatic carbocycles. The number of esters is 1. The number of ether oxygens (including phenoxy) is 2. The third kappa shape index (κ3) is 5.78. The fourth-order valence-electron chi connectivity index (χ4n) is 1.97. The van der Waals surface area contributed by atoms with E-state index >= 15 is 0 Å². The highest BCUT2D eigenvalue weighted by molar-refractivity contribution is 6.33. The van der Waals surface area contributed by atoms with Crippen LogP contribution in [0.1, 0.15) is 10.4 Å². The Morgan fingerprint density at radius 1 is 1.08 bits per heavy atom. The van der Waals surface area contributed by atoms with E-state index in [1.807, 2.05) is 0 Å². The van der Waals surface area contributed by atoms with Crippen LogP contribution in [0.2, 0.25) is 5.02 Å². The lowest BCUT2D eigenvalue weighted by Gasteiger charge is -2.09. The van der Waals surface area contributed by atoms with Crippen molar-refractivity contribution in [2.45, 2.75) is 0 Å². The number of methoxy groups -OCH3 is 1. The molecule has 2 aromatic carbocycles. The molecule has 0 saturated carbocycles. The van der Waals surface area contributed by atoms with E-state index in [1.54, 1.807) is 48.5 Å². The second-order valence-electron chi connectivity index (χ2n) is 5.10. The molecule has 2 aromatic rings. The lowest BCUT2D eigenvalue weighted by molar-refractivity contribution is -0.142. The van der Waals surface area contributed by atoms with E-state index in [0.717, 1.165) is 0 Å². The Kier molecular flexibility index (Phi) is 6.99. The first-order chi connectivity index (χ1) is 12.5. The van der Waals surface area contributed by atoms with Gasteiger partial charge in [-0.15, -0.1) is 0 Å². The molecule has 2 amide bonds. The number of carbonyl (C=O) groups is 3. The Hall–Kier alpha value is -3.06. The average molecular weight is 377 g/mol. The summed E-state index contributed by atoms with van der Waals surface area (Å²) in [6, 6.07) is 13.0. The van der Waals surface area contributed by atoms with Gasteiger partial charge in [0.1, 0.15) is 5.75 Å². The first-order valence-corrected chi connectivity index (χ1v) is 7.99. The van der Waals surface area contributed by atoms with Gasteiger partial charge in [-0.25, -0.2) is 4.79 Å². The standard InChI is InChI=1S/C18H17ClN2O5/c1-25-17(23)11-26-13-6-4-5-12(9-13)21-16(22)10-20-18(24)14-7-2-3-8-15(14)19/h2-9H,10-11H2,1H3,(H,20,24)(H,21,22). The topological polar surface area (TPSA) is 93.7 Å². The Labute approximate surface area is 155 Å². The lowest BCUT2D eigenvalue weighted by Crippen LogP contribution is -2.33. The predicted molar refractivity (Wildman–Crippen MR) is 96.4 cm³/mol. The maximum absolute atomic E-state index is 12.0. The molecular weight excluding hydrogens is 360 g/mol. The summed E-state index contributed by atoms with van der Waals surface area (Å²) in [5.41, 5.74) is 0.754. The molecule has 0 atom stereocenters. The van der Waals surface area contributed by atoms with Gasteiger partial charge >= 0.3 is 5.97 Å². The van der Waals surface area contributed by atoms with Crippen LogP contribution in [0.4, 0.5) is 5.69 Å². The van der Waals surface area contributed by atoms with Gasteiger partial charge in [-0.1, -0.05) is 29.8 Å². The van der Waals surface area contributed by atoms with Crippen LogP contribution in [0.5, 0.6) is 5.75 Å². The highest BCUT2D eigenvalue weighted by Gasteiger charge is 2.11. The zero-order chi connectivity index (χ0) is 18.9. The fourth-order valence-corrected chi connectivity index (χ4v) is 2.19. The lowest BCUT2D eigenvalue weighted by atomic mass is 10.2. The van der Waals surface area contributed by atoms with Gasteiger partial charge in [0, 0.05) is 11.8 Å². The summed E-state index contributed by atoms with van der Waals surface area (Å²) in [5.74, 6) is -0.980. The third-order valence-electron chi connectivity index (χ3n) is 3.23. The summed E-state index contributed by atoms with van der Waals surface area (Å²) in [6.45, 7) is -0.459. The molecule has 136 valence electrons. The number of anilines is 1. The van der Waals surface area contributed by atoms with E-state index in [2.05, 4.69) is 15.4 Å². The van der Waals surface area contributed by atoms with Gasteiger partial charge in [-0.3, -0.25) is 9.59 Å². The molecule has 0 heterocycles. The monoisotopic (exact) mass is 376 g/mol. The van der Waals surface area contributed by atoms with Crippen molar-refractivity contribution in [1.29, 1.82) is 0 Å². The van der Waals surface area contributed by atoms with Gasteiger partial charge < -0.3 is 20.1 Å². The number of nitrogens with one attached hydrogen (secondary N) is 2. The molecule has 7 nitrogen and oxygen atoms in total. The van der Waals surface area contributed by atoms with Gasteiger partial charge in [0.15, 0.2) is 6.61 Å². The average Bonchev–Trinajstić information content (AvgIpc) is 2.65. The van der Waals surface area contributed by atoms with Crippen molar-refractivity contribution in [3.8, 4) is 5.75 Å². The van der Waals surface area contributed by atoms with Gasteiger partial charge in [-0.05, 0) is 24.3 Å². The molecular formula is C18H17ClN2O5. The van der Waals surface area contributed by atoms with Crippen molar-refractivity contribution in [3.63, 3.8) is 0 Å². The number of amides is 2. The van der Waals surface area contributed by atoms with Crippen molar-refractivity contribution in [3.05, 3.63) is 59.1 Å². The van der Waals surface area contributed by atoms with Gasteiger partial charge in [0.25, 0.3) is 5.91 Å². The molecule has 0 aromatic heterocycles. The van der Waals surface area contributed by atoms with Crippen LogP contribution in [0.15, 0.2) is 48.5 Å². The molecule has 2 rings (SSSR count). The first-order valence-electron chi connectivity index (χ1n) is 7.62. The van der Waals surface area contributed by atoms with Gasteiger partial charge in [0.2, 0.25) is 5.91 Å². The second kappa shape index (κ2) is 9.43. The Morgan fingerprint density at radius 3 is 2.58 bits per heavy atom. The highest BCUT2D eigenvalue weighted by atomic mass is 35.5. The number of hydrogen-bond acceptors (Lipinski definition) is 5. The van der Waals surface area contributed by atoms with Crippen molar-refractivity contribution < 1.29 is 23.9 Å². The number of carbonyl (C=O) groups excluding carboxylic acids is 3.